The lowest BCUT2D eigenvalue weighted by molar-refractivity contribution is 0.102. The van der Waals surface area contributed by atoms with Crippen LogP contribution in [0.5, 0.6) is 0 Å². The van der Waals surface area contributed by atoms with Gasteiger partial charge < -0.3 is 5.32 Å². The first kappa shape index (κ1) is 13.1. The number of nitrogens with one attached hydrogen (secondary N) is 2. The van der Waals surface area contributed by atoms with Crippen molar-refractivity contribution in [2.75, 3.05) is 5.32 Å². The Morgan fingerprint density at radius 2 is 2.20 bits per heavy atom. The Hall–Kier alpha value is -1.92. The number of rotatable bonds is 2. The van der Waals surface area contributed by atoms with E-state index >= 15 is 0 Å². The summed E-state index contributed by atoms with van der Waals surface area (Å²) in [6.07, 6.45) is 3.23. The van der Waals surface area contributed by atoms with Crippen LogP contribution in [0.25, 0.3) is 10.9 Å². The van der Waals surface area contributed by atoms with Crippen LogP contribution in [0.3, 0.4) is 0 Å². The largest absolute Gasteiger partial charge is 0.320 e. The minimum Gasteiger partial charge on any atom is -0.320 e. The fourth-order valence-electron chi connectivity index (χ4n) is 1.84. The van der Waals surface area contributed by atoms with Crippen LogP contribution in [0.2, 0.25) is 5.15 Å². The monoisotopic (exact) mass is 350 g/mol. The minimum absolute atomic E-state index is 0.155. The number of hydrogen-bond acceptors (Lipinski definition) is 3. The third-order valence-corrected chi connectivity index (χ3v) is 3.51. The first-order valence-corrected chi connectivity index (χ1v) is 6.87. The smallest absolute Gasteiger partial charge is 0.258 e. The van der Waals surface area contributed by atoms with Gasteiger partial charge in [0.2, 0.25) is 0 Å². The Morgan fingerprint density at radius 1 is 1.35 bits per heavy atom. The average molecular weight is 352 g/mol. The van der Waals surface area contributed by atoms with Gasteiger partial charge in [-0.3, -0.25) is 9.89 Å². The number of anilines is 1. The molecule has 0 radical (unpaired) electrons. The van der Waals surface area contributed by atoms with Crippen molar-refractivity contribution in [2.24, 2.45) is 0 Å². The third kappa shape index (κ3) is 2.39. The van der Waals surface area contributed by atoms with Crippen LogP contribution in [0.4, 0.5) is 5.69 Å². The van der Waals surface area contributed by atoms with E-state index in [-0.39, 0.29) is 11.1 Å². The number of amides is 1. The second-order valence-corrected chi connectivity index (χ2v) is 5.36. The number of aromatic nitrogens is 3. The van der Waals surface area contributed by atoms with E-state index in [9.17, 15) is 4.79 Å². The van der Waals surface area contributed by atoms with Crippen molar-refractivity contribution in [1.29, 1.82) is 0 Å². The number of halogens is 2. The lowest BCUT2D eigenvalue weighted by Gasteiger charge is -2.07. The van der Waals surface area contributed by atoms with E-state index in [0.717, 1.165) is 10.9 Å². The second-order valence-electron chi connectivity index (χ2n) is 4.09. The Kier molecular flexibility index (Phi) is 3.42. The number of nitrogens with zero attached hydrogens (tertiary/aromatic N) is 2. The molecule has 3 aromatic rings. The summed E-state index contributed by atoms with van der Waals surface area (Å²) in [6.45, 7) is 0. The highest BCUT2D eigenvalue weighted by atomic mass is 79.9. The van der Waals surface area contributed by atoms with Crippen molar-refractivity contribution in [1.82, 2.24) is 15.2 Å². The summed E-state index contributed by atoms with van der Waals surface area (Å²) >= 11 is 9.21. The molecule has 5 nitrogen and oxygen atoms in total. The Morgan fingerprint density at radius 3 is 3.05 bits per heavy atom. The first-order valence-electron chi connectivity index (χ1n) is 5.69. The summed E-state index contributed by atoms with van der Waals surface area (Å²) < 4.78 is 0.687. The highest BCUT2D eigenvalue weighted by Crippen LogP contribution is 2.23. The zero-order valence-corrected chi connectivity index (χ0v) is 12.4. The third-order valence-electron chi connectivity index (χ3n) is 2.78. The van der Waals surface area contributed by atoms with E-state index in [1.54, 1.807) is 18.3 Å². The van der Waals surface area contributed by atoms with Crippen molar-refractivity contribution < 1.29 is 4.79 Å². The van der Waals surface area contributed by atoms with Gasteiger partial charge in [-0.25, -0.2) is 4.98 Å². The molecule has 0 atom stereocenters. The predicted molar refractivity (Wildman–Crippen MR) is 81.0 cm³/mol. The van der Waals surface area contributed by atoms with E-state index in [2.05, 4.69) is 36.4 Å². The van der Waals surface area contributed by atoms with Crippen LogP contribution in [0.15, 0.2) is 41.1 Å². The predicted octanol–water partition coefficient (Wildman–Crippen LogP) is 3.63. The molecule has 7 heteroatoms. The van der Waals surface area contributed by atoms with Crippen molar-refractivity contribution >= 4 is 50.0 Å². The SMILES string of the molecule is O=C(Nc1cccc2cn[nH]c12)c1cc(Br)cnc1Cl. The summed E-state index contributed by atoms with van der Waals surface area (Å²) in [5.74, 6) is -0.328. The number of para-hydroxylation sites is 1. The first-order chi connectivity index (χ1) is 9.65. The molecule has 0 aliphatic heterocycles. The normalized spacial score (nSPS) is 10.7. The number of hydrogen-bond donors (Lipinski definition) is 2. The molecule has 2 heterocycles. The number of fused-ring (bicyclic) bond motifs is 1. The molecule has 0 aliphatic carbocycles. The van der Waals surface area contributed by atoms with Crippen molar-refractivity contribution in [3.8, 4) is 0 Å². The molecular weight excluding hydrogens is 344 g/mol. The summed E-state index contributed by atoms with van der Waals surface area (Å²) in [5.41, 5.74) is 1.71. The molecule has 0 unspecified atom stereocenters. The van der Waals surface area contributed by atoms with Gasteiger partial charge in [0.15, 0.2) is 0 Å². The van der Waals surface area contributed by atoms with Gasteiger partial charge in [-0.2, -0.15) is 5.10 Å². The number of H-pyrrole nitrogens is 1. The number of carbonyl (C=O) groups is 1. The molecule has 0 aliphatic rings. The molecule has 1 amide bonds. The van der Waals surface area contributed by atoms with Gasteiger partial charge in [0, 0.05) is 16.1 Å². The standard InChI is InChI=1S/C13H8BrClN4O/c14-8-4-9(12(15)16-6-8)13(20)18-10-3-1-2-7-5-17-19-11(7)10/h1-6H,(H,17,19)(H,18,20). The van der Waals surface area contributed by atoms with E-state index in [0.29, 0.717) is 15.7 Å². The maximum Gasteiger partial charge on any atom is 0.258 e. The summed E-state index contributed by atoms with van der Waals surface area (Å²) in [4.78, 5) is 16.2. The molecule has 100 valence electrons. The van der Waals surface area contributed by atoms with Crippen LogP contribution in [0, 0.1) is 0 Å². The molecule has 0 bridgehead atoms. The lowest BCUT2D eigenvalue weighted by atomic mass is 10.2. The highest BCUT2D eigenvalue weighted by Gasteiger charge is 2.14. The Labute approximate surface area is 127 Å². The fourth-order valence-corrected chi connectivity index (χ4v) is 2.36. The van der Waals surface area contributed by atoms with Crippen LogP contribution in [0.1, 0.15) is 10.4 Å². The van der Waals surface area contributed by atoms with Gasteiger partial charge in [-0.05, 0) is 28.1 Å². The van der Waals surface area contributed by atoms with E-state index in [1.165, 1.54) is 6.20 Å². The molecule has 0 saturated carbocycles. The molecule has 0 fully saturated rings. The minimum atomic E-state index is -0.328. The van der Waals surface area contributed by atoms with E-state index < -0.39 is 0 Å². The van der Waals surface area contributed by atoms with Crippen molar-refractivity contribution in [2.45, 2.75) is 0 Å². The van der Waals surface area contributed by atoms with Crippen LogP contribution in [-0.4, -0.2) is 21.1 Å². The number of aromatic amines is 1. The highest BCUT2D eigenvalue weighted by molar-refractivity contribution is 9.10. The molecule has 3 rings (SSSR count). The second kappa shape index (κ2) is 5.22. The Balaban J connectivity index is 1.96. The molecule has 0 spiro atoms. The van der Waals surface area contributed by atoms with Crippen LogP contribution in [-0.2, 0) is 0 Å². The van der Waals surface area contributed by atoms with Gasteiger partial charge in [-0.15, -0.1) is 0 Å². The van der Waals surface area contributed by atoms with Gasteiger partial charge in [0.1, 0.15) is 5.15 Å². The molecule has 0 saturated heterocycles. The van der Waals surface area contributed by atoms with Gasteiger partial charge in [0.05, 0.1) is 23.0 Å². The zero-order valence-electron chi connectivity index (χ0n) is 10.0. The summed E-state index contributed by atoms with van der Waals surface area (Å²) in [6, 6.07) is 7.16. The van der Waals surface area contributed by atoms with Crippen molar-refractivity contribution in [3.05, 3.63) is 51.8 Å². The molecule has 2 aromatic heterocycles. The van der Waals surface area contributed by atoms with Gasteiger partial charge in [0.25, 0.3) is 5.91 Å². The summed E-state index contributed by atoms with van der Waals surface area (Å²) in [5, 5.41) is 10.7. The zero-order chi connectivity index (χ0) is 14.1. The Bertz CT molecular complexity index is 802. The van der Waals surface area contributed by atoms with Crippen LogP contribution < -0.4 is 5.32 Å². The van der Waals surface area contributed by atoms with E-state index in [4.69, 9.17) is 11.6 Å². The maximum absolute atomic E-state index is 12.3. The fraction of sp³-hybridized carbons (Fsp3) is 0. The van der Waals surface area contributed by atoms with Crippen molar-refractivity contribution in [3.63, 3.8) is 0 Å². The maximum atomic E-state index is 12.3. The molecule has 2 N–H and O–H groups in total. The average Bonchev–Trinajstić information content (AvgIpc) is 2.91. The number of benzene rings is 1. The topological polar surface area (TPSA) is 70.7 Å². The molecule has 1 aromatic carbocycles. The van der Waals surface area contributed by atoms with Gasteiger partial charge >= 0.3 is 0 Å². The quantitative estimate of drug-likeness (QED) is 0.693. The lowest BCUT2D eigenvalue weighted by Crippen LogP contribution is -2.13. The molecular formula is C13H8BrClN4O. The van der Waals surface area contributed by atoms with Gasteiger partial charge in [-0.1, -0.05) is 23.7 Å². The number of pyridine rings is 1. The molecule has 20 heavy (non-hydrogen) atoms. The van der Waals surface area contributed by atoms with Crippen LogP contribution >= 0.6 is 27.5 Å². The number of carbonyl (C=O) groups excluding carboxylic acids is 1. The summed E-state index contributed by atoms with van der Waals surface area (Å²) in [7, 11) is 0. The van der Waals surface area contributed by atoms with E-state index in [1.807, 2.05) is 12.1 Å².